The zero-order chi connectivity index (χ0) is 15.4. The van der Waals surface area contributed by atoms with Crippen LogP contribution in [-0.2, 0) is 6.54 Å². The molecule has 3 rings (SSSR count). The smallest absolute Gasteiger partial charge is 0.163 e. The van der Waals surface area contributed by atoms with Gasteiger partial charge in [0.1, 0.15) is 18.5 Å². The second kappa shape index (κ2) is 6.30. The van der Waals surface area contributed by atoms with E-state index in [1.165, 1.54) is 0 Å². The van der Waals surface area contributed by atoms with Crippen molar-refractivity contribution in [3.63, 3.8) is 0 Å². The minimum absolute atomic E-state index is 0.694. The van der Waals surface area contributed by atoms with E-state index in [-0.39, 0.29) is 0 Å². The van der Waals surface area contributed by atoms with Crippen LogP contribution in [0.5, 0.6) is 0 Å². The maximum atomic E-state index is 4.64. The van der Waals surface area contributed by atoms with Crippen LogP contribution in [0.15, 0.2) is 43.2 Å². The summed E-state index contributed by atoms with van der Waals surface area (Å²) in [7, 11) is 2.01. The van der Waals surface area contributed by atoms with E-state index in [1.807, 2.05) is 36.7 Å². The Hall–Kier alpha value is -2.83. The summed E-state index contributed by atoms with van der Waals surface area (Å²) >= 11 is 0. The zero-order valence-corrected chi connectivity index (χ0v) is 12.6. The van der Waals surface area contributed by atoms with E-state index in [0.29, 0.717) is 5.82 Å². The third kappa shape index (κ3) is 3.25. The summed E-state index contributed by atoms with van der Waals surface area (Å²) in [5.74, 6) is 1.58. The first-order valence-corrected chi connectivity index (χ1v) is 7.02. The van der Waals surface area contributed by atoms with E-state index in [9.17, 15) is 0 Å². The van der Waals surface area contributed by atoms with Gasteiger partial charge in [-0.2, -0.15) is 0 Å². The van der Waals surface area contributed by atoms with Crippen LogP contribution >= 0.6 is 0 Å². The molecule has 0 aliphatic heterocycles. The molecule has 0 aliphatic carbocycles. The summed E-state index contributed by atoms with van der Waals surface area (Å²) in [4.78, 5) is 15.3. The molecule has 7 nitrogen and oxygen atoms in total. The Balaban J connectivity index is 1.79. The van der Waals surface area contributed by atoms with Gasteiger partial charge in [0.15, 0.2) is 5.82 Å². The van der Waals surface area contributed by atoms with E-state index in [0.717, 1.165) is 30.2 Å². The highest BCUT2D eigenvalue weighted by Crippen LogP contribution is 2.18. The lowest BCUT2D eigenvalue weighted by atomic mass is 10.2. The number of aromatic nitrogens is 6. The summed E-state index contributed by atoms with van der Waals surface area (Å²) in [5.41, 5.74) is 1.85. The molecule has 0 atom stereocenters. The van der Waals surface area contributed by atoms with Crippen LogP contribution in [0.1, 0.15) is 5.69 Å². The lowest BCUT2D eigenvalue weighted by Crippen LogP contribution is -2.23. The number of anilines is 1. The van der Waals surface area contributed by atoms with Crippen molar-refractivity contribution in [2.24, 2.45) is 0 Å². The summed E-state index contributed by atoms with van der Waals surface area (Å²) in [6.07, 6.45) is 6.93. The number of nitrogens with zero attached hydrogens (tertiary/aromatic N) is 7. The van der Waals surface area contributed by atoms with Crippen LogP contribution in [0.4, 0.5) is 5.82 Å². The fraction of sp³-hybridized carbons (Fsp3) is 0.267. The Labute approximate surface area is 128 Å². The quantitative estimate of drug-likeness (QED) is 0.711. The molecule has 0 fully saturated rings. The van der Waals surface area contributed by atoms with Gasteiger partial charge in [0, 0.05) is 49.9 Å². The average Bonchev–Trinajstić information content (AvgIpc) is 3.06. The van der Waals surface area contributed by atoms with Gasteiger partial charge in [0.05, 0.1) is 0 Å². The maximum Gasteiger partial charge on any atom is 0.163 e. The molecule has 0 N–H and O–H groups in total. The fourth-order valence-corrected chi connectivity index (χ4v) is 2.09. The van der Waals surface area contributed by atoms with E-state index in [1.54, 1.807) is 25.0 Å². The molecule has 0 radical (unpaired) electrons. The normalized spacial score (nSPS) is 10.6. The SMILES string of the molecule is Cc1cc(N(C)CCn2cnnc2)nc(-c2cccnc2)n1. The molecule has 22 heavy (non-hydrogen) atoms. The van der Waals surface area contributed by atoms with Crippen molar-refractivity contribution >= 4 is 5.82 Å². The molecule has 0 saturated heterocycles. The fourth-order valence-electron chi connectivity index (χ4n) is 2.09. The van der Waals surface area contributed by atoms with Gasteiger partial charge >= 0.3 is 0 Å². The molecular formula is C15H17N7. The van der Waals surface area contributed by atoms with Gasteiger partial charge in [-0.05, 0) is 19.1 Å². The van der Waals surface area contributed by atoms with E-state index in [2.05, 4.69) is 30.0 Å². The molecule has 7 heteroatoms. The van der Waals surface area contributed by atoms with Gasteiger partial charge in [-0.1, -0.05) is 0 Å². The summed E-state index contributed by atoms with van der Waals surface area (Å²) in [5, 5.41) is 7.61. The highest BCUT2D eigenvalue weighted by molar-refractivity contribution is 5.56. The summed E-state index contributed by atoms with van der Waals surface area (Å²) in [6.45, 7) is 3.58. The minimum atomic E-state index is 0.694. The number of pyridine rings is 1. The predicted octanol–water partition coefficient (Wildman–Crippen LogP) is 1.57. The highest BCUT2D eigenvalue weighted by atomic mass is 15.3. The Kier molecular flexibility index (Phi) is 4.04. The lowest BCUT2D eigenvalue weighted by molar-refractivity contribution is 0.678. The molecule has 0 unspecified atom stereocenters. The average molecular weight is 295 g/mol. The van der Waals surface area contributed by atoms with Gasteiger partial charge in [0.2, 0.25) is 0 Å². The molecule has 0 spiro atoms. The number of hydrogen-bond acceptors (Lipinski definition) is 6. The van der Waals surface area contributed by atoms with Gasteiger partial charge in [-0.25, -0.2) is 9.97 Å². The minimum Gasteiger partial charge on any atom is -0.358 e. The molecular weight excluding hydrogens is 278 g/mol. The van der Waals surface area contributed by atoms with Crippen molar-refractivity contribution in [1.82, 2.24) is 29.7 Å². The molecule has 0 bridgehead atoms. The second-order valence-electron chi connectivity index (χ2n) is 5.05. The maximum absolute atomic E-state index is 4.64. The van der Waals surface area contributed by atoms with E-state index in [4.69, 9.17) is 0 Å². The number of rotatable bonds is 5. The van der Waals surface area contributed by atoms with Crippen molar-refractivity contribution < 1.29 is 0 Å². The van der Waals surface area contributed by atoms with Gasteiger partial charge in [-0.15, -0.1) is 10.2 Å². The molecule has 3 aromatic rings. The Morgan fingerprint density at radius 2 is 2.00 bits per heavy atom. The topological polar surface area (TPSA) is 72.6 Å². The van der Waals surface area contributed by atoms with Crippen molar-refractivity contribution in [2.75, 3.05) is 18.5 Å². The van der Waals surface area contributed by atoms with E-state index < -0.39 is 0 Å². The first kappa shape index (κ1) is 14.1. The van der Waals surface area contributed by atoms with Crippen molar-refractivity contribution in [2.45, 2.75) is 13.5 Å². The predicted molar refractivity (Wildman–Crippen MR) is 83.3 cm³/mol. The second-order valence-corrected chi connectivity index (χ2v) is 5.05. The molecule has 112 valence electrons. The third-order valence-electron chi connectivity index (χ3n) is 3.31. The molecule has 3 heterocycles. The van der Waals surface area contributed by atoms with Crippen molar-refractivity contribution in [3.05, 3.63) is 48.9 Å². The molecule has 0 saturated carbocycles. The van der Waals surface area contributed by atoms with Gasteiger partial charge < -0.3 is 9.47 Å². The van der Waals surface area contributed by atoms with Gasteiger partial charge in [0.25, 0.3) is 0 Å². The lowest BCUT2D eigenvalue weighted by Gasteiger charge is -2.19. The largest absolute Gasteiger partial charge is 0.358 e. The standard InChI is InChI=1S/C15H17N7/c1-12-8-14(21(2)6-7-22-10-17-18-11-22)20-15(19-12)13-4-3-5-16-9-13/h3-5,8-11H,6-7H2,1-2H3. The van der Waals surface area contributed by atoms with E-state index >= 15 is 0 Å². The van der Waals surface area contributed by atoms with Crippen LogP contribution in [0.2, 0.25) is 0 Å². The summed E-state index contributed by atoms with van der Waals surface area (Å²) < 4.78 is 1.94. The van der Waals surface area contributed by atoms with Crippen LogP contribution in [-0.4, -0.2) is 43.3 Å². The Morgan fingerprint density at radius 3 is 2.73 bits per heavy atom. The number of aryl methyl sites for hydroxylation is 1. The van der Waals surface area contributed by atoms with Crippen molar-refractivity contribution in [1.29, 1.82) is 0 Å². The third-order valence-corrected chi connectivity index (χ3v) is 3.31. The number of hydrogen-bond donors (Lipinski definition) is 0. The molecule has 0 aliphatic rings. The molecule has 0 aromatic carbocycles. The molecule has 3 aromatic heterocycles. The van der Waals surface area contributed by atoms with Crippen LogP contribution < -0.4 is 4.90 Å². The Bertz CT molecular complexity index is 725. The number of likely N-dealkylation sites (N-methyl/N-ethyl adjacent to an activating group) is 1. The zero-order valence-electron chi connectivity index (χ0n) is 12.6. The van der Waals surface area contributed by atoms with Crippen LogP contribution in [0.3, 0.4) is 0 Å². The first-order chi connectivity index (χ1) is 10.7. The van der Waals surface area contributed by atoms with Crippen molar-refractivity contribution in [3.8, 4) is 11.4 Å². The van der Waals surface area contributed by atoms with Gasteiger partial charge in [-0.3, -0.25) is 4.98 Å². The summed E-state index contributed by atoms with van der Waals surface area (Å²) in [6, 6.07) is 5.82. The van der Waals surface area contributed by atoms with Crippen LogP contribution in [0.25, 0.3) is 11.4 Å². The monoisotopic (exact) mass is 295 g/mol. The first-order valence-electron chi connectivity index (χ1n) is 7.02. The molecule has 0 amide bonds. The highest BCUT2D eigenvalue weighted by Gasteiger charge is 2.08. The van der Waals surface area contributed by atoms with Crippen LogP contribution in [0, 0.1) is 6.92 Å². The Morgan fingerprint density at radius 1 is 1.18 bits per heavy atom.